The lowest BCUT2D eigenvalue weighted by atomic mass is 10.1. The van der Waals surface area contributed by atoms with Gasteiger partial charge in [-0.05, 0) is 25.1 Å². The molecule has 0 aromatic heterocycles. The van der Waals surface area contributed by atoms with Gasteiger partial charge >= 0.3 is 0 Å². The lowest BCUT2D eigenvalue weighted by molar-refractivity contribution is 0.0744. The van der Waals surface area contributed by atoms with Crippen LogP contribution in [0.15, 0.2) is 23.4 Å². The van der Waals surface area contributed by atoms with Gasteiger partial charge in [-0.3, -0.25) is 4.79 Å². The molecule has 6 nitrogen and oxygen atoms in total. The maximum Gasteiger partial charge on any atom is 0.257 e. The molecule has 0 heterocycles. The van der Waals surface area contributed by atoms with Gasteiger partial charge in [0.2, 0.25) is 0 Å². The van der Waals surface area contributed by atoms with Crippen molar-refractivity contribution in [3.05, 3.63) is 28.8 Å². The lowest BCUT2D eigenvalue weighted by Gasteiger charge is -2.25. The van der Waals surface area contributed by atoms with Crippen molar-refractivity contribution < 1.29 is 14.7 Å². The molecule has 0 aliphatic heterocycles. The number of nitrogens with two attached hydrogens (primary N) is 1. The normalized spacial score (nSPS) is 12.9. The summed E-state index contributed by atoms with van der Waals surface area (Å²) < 4.78 is 5.16. The third-order valence-corrected chi connectivity index (χ3v) is 3.24. The summed E-state index contributed by atoms with van der Waals surface area (Å²) in [6.45, 7) is 1.80. The van der Waals surface area contributed by atoms with Gasteiger partial charge < -0.3 is 20.6 Å². The van der Waals surface area contributed by atoms with Crippen LogP contribution in [0.1, 0.15) is 23.7 Å². The molecular weight excluding hydrogens is 282 g/mol. The van der Waals surface area contributed by atoms with Crippen molar-refractivity contribution >= 4 is 23.3 Å². The van der Waals surface area contributed by atoms with Crippen LogP contribution in [-0.4, -0.2) is 42.0 Å². The second-order valence-electron chi connectivity index (χ2n) is 4.41. The zero-order valence-electron chi connectivity index (χ0n) is 11.6. The standard InChI is InChI=1S/C13H18ClN3O3/c1-8(6-12(15)16-19)17(2)13(18)10-7-9(14)4-5-11(10)20-3/h4-5,7-8,19H,6H2,1-3H3,(H2,15,16). The predicted octanol–water partition coefficient (Wildman–Crippen LogP) is 1.95. The zero-order valence-corrected chi connectivity index (χ0v) is 12.4. The molecule has 1 atom stereocenters. The van der Waals surface area contributed by atoms with Crippen LogP contribution < -0.4 is 10.5 Å². The van der Waals surface area contributed by atoms with Crippen molar-refractivity contribution in [3.63, 3.8) is 0 Å². The number of oxime groups is 1. The van der Waals surface area contributed by atoms with Crippen LogP contribution in [0, 0.1) is 0 Å². The Morgan fingerprint density at radius 3 is 2.80 bits per heavy atom. The van der Waals surface area contributed by atoms with Crippen LogP contribution >= 0.6 is 11.6 Å². The summed E-state index contributed by atoms with van der Waals surface area (Å²) in [4.78, 5) is 13.9. The quantitative estimate of drug-likeness (QED) is 0.376. The molecule has 0 fully saturated rings. The average molecular weight is 300 g/mol. The number of benzene rings is 1. The van der Waals surface area contributed by atoms with Crippen LogP contribution in [0.25, 0.3) is 0 Å². The van der Waals surface area contributed by atoms with E-state index >= 15 is 0 Å². The van der Waals surface area contributed by atoms with Gasteiger partial charge in [-0.25, -0.2) is 0 Å². The van der Waals surface area contributed by atoms with E-state index in [1.54, 1.807) is 32.2 Å². The summed E-state index contributed by atoms with van der Waals surface area (Å²) in [5.41, 5.74) is 5.82. The second-order valence-corrected chi connectivity index (χ2v) is 4.84. The largest absolute Gasteiger partial charge is 0.496 e. The maximum absolute atomic E-state index is 12.4. The molecule has 0 bridgehead atoms. The van der Waals surface area contributed by atoms with E-state index in [9.17, 15) is 4.79 Å². The Morgan fingerprint density at radius 2 is 2.25 bits per heavy atom. The highest BCUT2D eigenvalue weighted by atomic mass is 35.5. The number of halogens is 1. The number of nitrogens with zero attached hydrogens (tertiary/aromatic N) is 2. The van der Waals surface area contributed by atoms with Gasteiger partial charge in [-0.1, -0.05) is 16.8 Å². The molecule has 0 aliphatic rings. The van der Waals surface area contributed by atoms with Crippen molar-refractivity contribution in [1.82, 2.24) is 4.90 Å². The fourth-order valence-electron chi connectivity index (χ4n) is 1.72. The van der Waals surface area contributed by atoms with E-state index in [1.165, 1.54) is 12.0 Å². The molecule has 0 radical (unpaired) electrons. The highest BCUT2D eigenvalue weighted by molar-refractivity contribution is 6.31. The molecule has 1 aromatic rings. The highest BCUT2D eigenvalue weighted by Crippen LogP contribution is 2.24. The number of hydrogen-bond donors (Lipinski definition) is 2. The summed E-state index contributed by atoms with van der Waals surface area (Å²) in [5.74, 6) is 0.264. The number of hydrogen-bond acceptors (Lipinski definition) is 4. The molecule has 0 saturated carbocycles. The lowest BCUT2D eigenvalue weighted by Crippen LogP contribution is -2.38. The first kappa shape index (κ1) is 16.1. The van der Waals surface area contributed by atoms with Gasteiger partial charge in [0.15, 0.2) is 0 Å². The highest BCUT2D eigenvalue weighted by Gasteiger charge is 2.21. The second kappa shape index (κ2) is 7.00. The van der Waals surface area contributed by atoms with Gasteiger partial charge in [0.25, 0.3) is 5.91 Å². The molecule has 0 aliphatic carbocycles. The molecule has 1 amide bonds. The Balaban J connectivity index is 2.96. The van der Waals surface area contributed by atoms with Gasteiger partial charge in [0, 0.05) is 24.5 Å². The third-order valence-electron chi connectivity index (χ3n) is 3.01. The van der Waals surface area contributed by atoms with Crippen LogP contribution in [0.5, 0.6) is 5.75 Å². The topological polar surface area (TPSA) is 88.2 Å². The van der Waals surface area contributed by atoms with Crippen molar-refractivity contribution in [2.24, 2.45) is 10.9 Å². The van der Waals surface area contributed by atoms with E-state index < -0.39 is 0 Å². The molecule has 1 rings (SSSR count). The smallest absolute Gasteiger partial charge is 0.257 e. The molecule has 110 valence electrons. The number of carbonyl (C=O) groups excluding carboxylic acids is 1. The monoisotopic (exact) mass is 299 g/mol. The Bertz CT molecular complexity index is 520. The van der Waals surface area contributed by atoms with Gasteiger partial charge in [-0.15, -0.1) is 0 Å². The molecule has 3 N–H and O–H groups in total. The Hall–Kier alpha value is -1.95. The molecule has 20 heavy (non-hydrogen) atoms. The number of amides is 1. The molecule has 1 aromatic carbocycles. The van der Waals surface area contributed by atoms with Gasteiger partial charge in [0.1, 0.15) is 11.6 Å². The predicted molar refractivity (Wildman–Crippen MR) is 77.6 cm³/mol. The number of ether oxygens (including phenoxy) is 1. The first-order chi connectivity index (χ1) is 9.40. The minimum atomic E-state index is -0.248. The Kier molecular flexibility index (Phi) is 5.64. The van der Waals surface area contributed by atoms with Crippen molar-refractivity contribution in [2.45, 2.75) is 19.4 Å². The summed E-state index contributed by atoms with van der Waals surface area (Å²) in [5, 5.41) is 11.9. The number of rotatable bonds is 5. The third kappa shape index (κ3) is 3.77. The molecule has 1 unspecified atom stereocenters. The van der Waals surface area contributed by atoms with E-state index in [1.807, 2.05) is 0 Å². The Labute approximate surface area is 122 Å². The van der Waals surface area contributed by atoms with Crippen molar-refractivity contribution in [1.29, 1.82) is 0 Å². The van der Waals surface area contributed by atoms with Gasteiger partial charge in [-0.2, -0.15) is 0 Å². The fourth-order valence-corrected chi connectivity index (χ4v) is 1.89. The molecule has 7 heteroatoms. The molecule has 0 saturated heterocycles. The van der Waals surface area contributed by atoms with E-state index in [0.29, 0.717) is 16.3 Å². The summed E-state index contributed by atoms with van der Waals surface area (Å²) in [6.07, 6.45) is 0.265. The zero-order chi connectivity index (χ0) is 15.3. The molecular formula is C13H18ClN3O3. The van der Waals surface area contributed by atoms with Crippen LogP contribution in [0.2, 0.25) is 5.02 Å². The summed E-state index contributed by atoms with van der Waals surface area (Å²) >= 11 is 5.91. The molecule has 0 spiro atoms. The van der Waals surface area contributed by atoms with Crippen molar-refractivity contribution in [3.8, 4) is 5.75 Å². The van der Waals surface area contributed by atoms with Crippen molar-refractivity contribution in [2.75, 3.05) is 14.2 Å². The first-order valence-corrected chi connectivity index (χ1v) is 6.35. The van der Waals surface area contributed by atoms with E-state index in [2.05, 4.69) is 5.16 Å². The van der Waals surface area contributed by atoms with Gasteiger partial charge in [0.05, 0.1) is 12.7 Å². The number of amidine groups is 1. The fraction of sp³-hybridized carbons (Fsp3) is 0.385. The van der Waals surface area contributed by atoms with Crippen LogP contribution in [0.4, 0.5) is 0 Å². The average Bonchev–Trinajstić information content (AvgIpc) is 2.45. The number of carbonyl (C=O) groups is 1. The summed E-state index contributed by atoms with van der Waals surface area (Å²) in [7, 11) is 3.12. The van der Waals surface area contributed by atoms with E-state index in [-0.39, 0.29) is 24.2 Å². The Morgan fingerprint density at radius 1 is 1.60 bits per heavy atom. The SMILES string of the molecule is COc1ccc(Cl)cc1C(=O)N(C)C(C)CC(N)=NO. The van der Waals surface area contributed by atoms with E-state index in [0.717, 1.165) is 0 Å². The minimum absolute atomic E-state index is 0.0650. The van der Waals surface area contributed by atoms with Crippen LogP contribution in [0.3, 0.4) is 0 Å². The minimum Gasteiger partial charge on any atom is -0.496 e. The summed E-state index contributed by atoms with van der Waals surface area (Å²) in [6, 6.07) is 4.60. The number of methoxy groups -OCH3 is 1. The maximum atomic E-state index is 12.4. The first-order valence-electron chi connectivity index (χ1n) is 5.97. The van der Waals surface area contributed by atoms with Crippen LogP contribution in [-0.2, 0) is 0 Å². The van der Waals surface area contributed by atoms with E-state index in [4.69, 9.17) is 27.3 Å².